The van der Waals surface area contributed by atoms with Crippen molar-refractivity contribution in [2.24, 2.45) is 0 Å². The molecule has 2 heterocycles. The van der Waals surface area contributed by atoms with Gasteiger partial charge < -0.3 is 5.32 Å². The lowest BCUT2D eigenvalue weighted by Crippen LogP contribution is -2.17. The van der Waals surface area contributed by atoms with Crippen molar-refractivity contribution in [2.75, 3.05) is 5.32 Å². The smallest absolute Gasteiger partial charge is 0.321 e. The normalized spacial score (nSPS) is 11.5. The van der Waals surface area contributed by atoms with Crippen molar-refractivity contribution in [2.45, 2.75) is 6.18 Å². The summed E-state index contributed by atoms with van der Waals surface area (Å²) in [7, 11) is 0. The van der Waals surface area contributed by atoms with Crippen molar-refractivity contribution in [1.29, 1.82) is 0 Å². The van der Waals surface area contributed by atoms with E-state index in [4.69, 9.17) is 23.2 Å². The first-order chi connectivity index (χ1) is 15.6. The molecule has 6 nitrogen and oxygen atoms in total. The number of rotatable bonds is 4. The zero-order valence-corrected chi connectivity index (χ0v) is 17.8. The Hall–Kier alpha value is -3.50. The fourth-order valence-electron chi connectivity index (χ4n) is 3.01. The van der Waals surface area contributed by atoms with E-state index in [1.807, 2.05) is 0 Å². The summed E-state index contributed by atoms with van der Waals surface area (Å²) in [6.07, 6.45) is -1.30. The lowest BCUT2D eigenvalue weighted by Gasteiger charge is -2.14. The number of amides is 1. The number of halogens is 6. The maximum Gasteiger partial charge on any atom is 0.420 e. The van der Waals surface area contributed by atoms with Crippen molar-refractivity contribution < 1.29 is 22.4 Å². The molecule has 0 spiro atoms. The predicted molar refractivity (Wildman–Crippen MR) is 114 cm³/mol. The van der Waals surface area contributed by atoms with Gasteiger partial charge in [0.05, 0.1) is 39.9 Å². The molecule has 1 N–H and O–H groups in total. The monoisotopic (exact) mass is 495 g/mol. The second-order valence-electron chi connectivity index (χ2n) is 6.68. The highest BCUT2D eigenvalue weighted by atomic mass is 35.5. The van der Waals surface area contributed by atoms with Crippen molar-refractivity contribution in [3.05, 3.63) is 88.0 Å². The molecule has 33 heavy (non-hydrogen) atoms. The largest absolute Gasteiger partial charge is 0.420 e. The van der Waals surface area contributed by atoms with Gasteiger partial charge in [0.15, 0.2) is 5.82 Å². The van der Waals surface area contributed by atoms with Crippen LogP contribution < -0.4 is 5.32 Å². The molecule has 0 fully saturated rings. The highest BCUT2D eigenvalue weighted by Gasteiger charge is 2.36. The van der Waals surface area contributed by atoms with Gasteiger partial charge in [0.2, 0.25) is 0 Å². The fourth-order valence-corrected chi connectivity index (χ4v) is 3.55. The molecule has 2 aromatic heterocycles. The van der Waals surface area contributed by atoms with E-state index in [0.717, 1.165) is 23.1 Å². The van der Waals surface area contributed by atoms with E-state index in [-0.39, 0.29) is 21.3 Å². The Kier molecular flexibility index (Phi) is 6.05. The summed E-state index contributed by atoms with van der Waals surface area (Å²) in [5.74, 6) is -1.80. The number of alkyl halides is 3. The summed E-state index contributed by atoms with van der Waals surface area (Å²) in [4.78, 5) is 17.1. The zero-order chi connectivity index (χ0) is 23.8. The molecule has 12 heteroatoms. The summed E-state index contributed by atoms with van der Waals surface area (Å²) in [5, 5.41) is 9.85. The van der Waals surface area contributed by atoms with Gasteiger partial charge in [-0.1, -0.05) is 29.3 Å². The summed E-state index contributed by atoms with van der Waals surface area (Å²) in [5.41, 5.74) is -0.314. The topological polar surface area (TPSA) is 72.7 Å². The third-order valence-electron chi connectivity index (χ3n) is 4.49. The molecule has 2 aromatic carbocycles. The molecule has 168 valence electrons. The molecular formula is C21H11Cl2F4N5O. The molecule has 0 radical (unpaired) electrons. The van der Waals surface area contributed by atoms with Crippen LogP contribution in [0.1, 0.15) is 15.9 Å². The Labute approximate surface area is 193 Å². The molecule has 4 rings (SSSR count). The standard InChI is InChI=1S/C21H11Cl2F4N5O/c22-17-7-11(14-4-2-12(24)8-18(14)23)1-3-15(17)20(33)31-13-9-16(21(25,26)27)19(28-10-13)32-29-5-6-30-32/h1-10H,(H,31,33). The van der Waals surface area contributed by atoms with Crippen LogP contribution in [0, 0.1) is 5.82 Å². The number of benzene rings is 2. The quantitative estimate of drug-likeness (QED) is 0.350. The molecule has 0 saturated heterocycles. The van der Waals surface area contributed by atoms with Crippen LogP contribution in [0.4, 0.5) is 23.2 Å². The van der Waals surface area contributed by atoms with E-state index in [9.17, 15) is 22.4 Å². The number of nitrogens with zero attached hydrogens (tertiary/aromatic N) is 4. The maximum atomic E-state index is 13.5. The molecule has 0 bridgehead atoms. The minimum Gasteiger partial charge on any atom is -0.321 e. The summed E-state index contributed by atoms with van der Waals surface area (Å²) in [6, 6.07) is 8.91. The van der Waals surface area contributed by atoms with Gasteiger partial charge in [0.1, 0.15) is 11.4 Å². The summed E-state index contributed by atoms with van der Waals surface area (Å²) >= 11 is 12.3. The molecule has 0 atom stereocenters. The number of carbonyl (C=O) groups is 1. The SMILES string of the molecule is O=C(Nc1cnc(-n2nccn2)c(C(F)(F)F)c1)c1ccc(-c2ccc(F)cc2Cl)cc1Cl. The molecule has 1 amide bonds. The number of aromatic nitrogens is 4. The van der Waals surface area contributed by atoms with E-state index in [1.54, 1.807) is 0 Å². The predicted octanol–water partition coefficient (Wildman–Crippen LogP) is 6.05. The van der Waals surface area contributed by atoms with Crippen LogP contribution in [0.5, 0.6) is 0 Å². The molecule has 0 aliphatic rings. The minimum atomic E-state index is -4.77. The highest BCUT2D eigenvalue weighted by Crippen LogP contribution is 2.35. The van der Waals surface area contributed by atoms with E-state index in [1.165, 1.54) is 42.7 Å². The zero-order valence-electron chi connectivity index (χ0n) is 16.2. The Morgan fingerprint density at radius 3 is 2.33 bits per heavy atom. The number of carbonyl (C=O) groups excluding carboxylic acids is 1. The first kappa shape index (κ1) is 22.7. The third-order valence-corrected chi connectivity index (χ3v) is 5.12. The number of hydrogen-bond acceptors (Lipinski definition) is 4. The average Bonchev–Trinajstić information content (AvgIpc) is 3.27. The Balaban J connectivity index is 1.62. The number of hydrogen-bond donors (Lipinski definition) is 1. The molecule has 0 aliphatic heterocycles. The van der Waals surface area contributed by atoms with Gasteiger partial charge in [-0.25, -0.2) is 9.37 Å². The Morgan fingerprint density at radius 1 is 0.970 bits per heavy atom. The van der Waals surface area contributed by atoms with Crippen LogP contribution >= 0.6 is 23.2 Å². The lowest BCUT2D eigenvalue weighted by molar-refractivity contribution is -0.137. The molecule has 0 saturated carbocycles. The van der Waals surface area contributed by atoms with Crippen LogP contribution in [0.3, 0.4) is 0 Å². The number of pyridine rings is 1. The van der Waals surface area contributed by atoms with Crippen LogP contribution in [0.2, 0.25) is 10.0 Å². The Bertz CT molecular complexity index is 1340. The van der Waals surface area contributed by atoms with Crippen molar-refractivity contribution in [3.63, 3.8) is 0 Å². The van der Waals surface area contributed by atoms with E-state index in [0.29, 0.717) is 11.1 Å². The van der Waals surface area contributed by atoms with Gasteiger partial charge in [-0.3, -0.25) is 4.79 Å². The van der Waals surface area contributed by atoms with Crippen molar-refractivity contribution in [3.8, 4) is 16.9 Å². The summed E-state index contributed by atoms with van der Waals surface area (Å²) < 4.78 is 53.9. The van der Waals surface area contributed by atoms with Crippen molar-refractivity contribution >= 4 is 34.8 Å². The second kappa shape index (κ2) is 8.80. The molecule has 4 aromatic rings. The first-order valence-electron chi connectivity index (χ1n) is 9.14. The lowest BCUT2D eigenvalue weighted by atomic mass is 10.0. The third kappa shape index (κ3) is 4.81. The van der Waals surface area contributed by atoms with Crippen LogP contribution in [-0.4, -0.2) is 25.9 Å². The summed E-state index contributed by atoms with van der Waals surface area (Å²) in [6.45, 7) is 0. The van der Waals surface area contributed by atoms with E-state index in [2.05, 4.69) is 20.5 Å². The van der Waals surface area contributed by atoms with Gasteiger partial charge in [-0.05, 0) is 42.0 Å². The molecular weight excluding hydrogens is 485 g/mol. The van der Waals surface area contributed by atoms with E-state index < -0.39 is 29.3 Å². The number of nitrogens with one attached hydrogen (secondary N) is 1. The maximum absolute atomic E-state index is 13.5. The highest BCUT2D eigenvalue weighted by molar-refractivity contribution is 6.35. The number of anilines is 1. The second-order valence-corrected chi connectivity index (χ2v) is 7.50. The first-order valence-corrected chi connectivity index (χ1v) is 9.89. The van der Waals surface area contributed by atoms with Crippen LogP contribution in [-0.2, 0) is 6.18 Å². The van der Waals surface area contributed by atoms with Crippen LogP contribution in [0.25, 0.3) is 16.9 Å². The Morgan fingerprint density at radius 2 is 1.70 bits per heavy atom. The fraction of sp³-hybridized carbons (Fsp3) is 0.0476. The van der Waals surface area contributed by atoms with Gasteiger partial charge in [-0.15, -0.1) is 4.80 Å². The van der Waals surface area contributed by atoms with Gasteiger partial charge in [0.25, 0.3) is 5.91 Å². The van der Waals surface area contributed by atoms with Gasteiger partial charge in [-0.2, -0.15) is 23.4 Å². The van der Waals surface area contributed by atoms with Gasteiger partial charge in [0, 0.05) is 5.56 Å². The molecule has 0 aliphatic carbocycles. The van der Waals surface area contributed by atoms with Gasteiger partial charge >= 0.3 is 6.18 Å². The van der Waals surface area contributed by atoms with Crippen LogP contribution in [0.15, 0.2) is 61.1 Å². The van der Waals surface area contributed by atoms with E-state index >= 15 is 0 Å². The minimum absolute atomic E-state index is 0.00466. The molecule has 0 unspecified atom stereocenters. The van der Waals surface area contributed by atoms with Crippen molar-refractivity contribution in [1.82, 2.24) is 20.0 Å². The average molecular weight is 496 g/mol.